The van der Waals surface area contributed by atoms with E-state index >= 15 is 0 Å². The minimum absolute atomic E-state index is 0.241. The van der Waals surface area contributed by atoms with Crippen LogP contribution in [0.15, 0.2) is 48.5 Å². The van der Waals surface area contributed by atoms with Crippen LogP contribution in [0.4, 0.5) is 18.9 Å². The van der Waals surface area contributed by atoms with Gasteiger partial charge in [-0.25, -0.2) is 0 Å². The highest BCUT2D eigenvalue weighted by molar-refractivity contribution is 6.30. The second-order valence-corrected chi connectivity index (χ2v) is 4.49. The molecule has 1 N–H and O–H groups in total. The fraction of sp³-hybridized carbons (Fsp3) is 0.143. The molecular weight excluding hydrogens is 291 g/mol. The summed E-state index contributed by atoms with van der Waals surface area (Å²) < 4.78 is 39.8. The zero-order valence-electron chi connectivity index (χ0n) is 10.2. The molecule has 0 amide bonds. The summed E-state index contributed by atoms with van der Waals surface area (Å²) in [6, 6.07) is 12.9. The van der Waals surface area contributed by atoms with Crippen LogP contribution in [0.2, 0.25) is 5.02 Å². The van der Waals surface area contributed by atoms with E-state index in [4.69, 9.17) is 11.6 Å². The summed E-state index contributed by atoms with van der Waals surface area (Å²) in [5, 5.41) is 3.75. The van der Waals surface area contributed by atoms with Gasteiger partial charge in [-0.1, -0.05) is 23.7 Å². The Morgan fingerprint density at radius 2 is 1.55 bits per heavy atom. The molecular formula is C14H11ClF3NO. The molecule has 0 aliphatic rings. The maximum atomic E-state index is 12.0. The van der Waals surface area contributed by atoms with Gasteiger partial charge in [0, 0.05) is 17.3 Å². The summed E-state index contributed by atoms with van der Waals surface area (Å²) in [6.45, 7) is 0.552. The molecule has 0 aromatic heterocycles. The van der Waals surface area contributed by atoms with Gasteiger partial charge in [0.15, 0.2) is 0 Å². The molecule has 0 atom stereocenters. The minimum Gasteiger partial charge on any atom is -0.406 e. The fourth-order valence-corrected chi connectivity index (χ4v) is 1.71. The zero-order valence-corrected chi connectivity index (χ0v) is 11.0. The molecule has 20 heavy (non-hydrogen) atoms. The molecule has 0 fully saturated rings. The van der Waals surface area contributed by atoms with E-state index in [1.165, 1.54) is 24.3 Å². The van der Waals surface area contributed by atoms with E-state index in [1.54, 1.807) is 12.1 Å². The average Bonchev–Trinajstić information content (AvgIpc) is 2.38. The largest absolute Gasteiger partial charge is 0.573 e. The summed E-state index contributed by atoms with van der Waals surface area (Å²) in [6.07, 6.45) is -4.67. The molecule has 0 saturated carbocycles. The lowest BCUT2D eigenvalue weighted by atomic mass is 10.2. The number of ether oxygens (including phenoxy) is 1. The molecule has 0 heterocycles. The quantitative estimate of drug-likeness (QED) is 0.871. The van der Waals surface area contributed by atoms with Crippen molar-refractivity contribution in [2.45, 2.75) is 12.9 Å². The topological polar surface area (TPSA) is 21.3 Å². The van der Waals surface area contributed by atoms with Crippen molar-refractivity contribution < 1.29 is 17.9 Å². The first-order valence-corrected chi connectivity index (χ1v) is 6.14. The van der Waals surface area contributed by atoms with E-state index in [0.717, 1.165) is 5.56 Å². The molecule has 2 rings (SSSR count). The van der Waals surface area contributed by atoms with E-state index in [1.807, 2.05) is 12.1 Å². The van der Waals surface area contributed by atoms with E-state index in [-0.39, 0.29) is 5.75 Å². The van der Waals surface area contributed by atoms with Crippen LogP contribution in [0, 0.1) is 0 Å². The number of nitrogens with one attached hydrogen (secondary N) is 1. The number of alkyl halides is 3. The van der Waals surface area contributed by atoms with Gasteiger partial charge in [0.05, 0.1) is 0 Å². The first-order valence-electron chi connectivity index (χ1n) is 5.76. The van der Waals surface area contributed by atoms with Crippen molar-refractivity contribution in [2.75, 3.05) is 5.32 Å². The van der Waals surface area contributed by atoms with E-state index < -0.39 is 6.36 Å². The van der Waals surface area contributed by atoms with Crippen LogP contribution in [0.1, 0.15) is 5.56 Å². The van der Waals surface area contributed by atoms with Crippen molar-refractivity contribution >= 4 is 17.3 Å². The van der Waals surface area contributed by atoms with Gasteiger partial charge in [-0.2, -0.15) is 0 Å². The highest BCUT2D eigenvalue weighted by Crippen LogP contribution is 2.24. The standard InChI is InChI=1S/C14H11ClF3NO/c15-11-3-1-10(2-4-11)9-19-12-5-7-13(8-6-12)20-14(16,17)18/h1-8,19H,9H2. The number of halogens is 4. The molecule has 0 bridgehead atoms. The Morgan fingerprint density at radius 1 is 0.950 bits per heavy atom. The van der Waals surface area contributed by atoms with Crippen LogP contribution in [-0.4, -0.2) is 6.36 Å². The van der Waals surface area contributed by atoms with Crippen molar-refractivity contribution in [3.63, 3.8) is 0 Å². The Kier molecular flexibility index (Phi) is 4.39. The molecule has 2 aromatic carbocycles. The normalized spacial score (nSPS) is 11.2. The number of hydrogen-bond acceptors (Lipinski definition) is 2. The second-order valence-electron chi connectivity index (χ2n) is 4.05. The first-order chi connectivity index (χ1) is 9.42. The summed E-state index contributed by atoms with van der Waals surface area (Å²) in [5.41, 5.74) is 1.72. The highest BCUT2D eigenvalue weighted by atomic mass is 35.5. The second kappa shape index (κ2) is 6.05. The van der Waals surface area contributed by atoms with Gasteiger partial charge in [0.1, 0.15) is 5.75 Å². The van der Waals surface area contributed by atoms with Crippen molar-refractivity contribution in [1.82, 2.24) is 0 Å². The third-order valence-electron chi connectivity index (χ3n) is 2.50. The molecule has 2 aromatic rings. The minimum atomic E-state index is -4.67. The third-order valence-corrected chi connectivity index (χ3v) is 2.75. The predicted octanol–water partition coefficient (Wildman–Crippen LogP) is 4.85. The van der Waals surface area contributed by atoms with Gasteiger partial charge >= 0.3 is 6.36 Å². The number of hydrogen-bond donors (Lipinski definition) is 1. The molecule has 6 heteroatoms. The number of anilines is 1. The lowest BCUT2D eigenvalue weighted by Gasteiger charge is -2.10. The van der Waals surface area contributed by atoms with Crippen LogP contribution >= 0.6 is 11.6 Å². The first kappa shape index (κ1) is 14.5. The molecule has 0 aliphatic heterocycles. The summed E-state index contributed by atoms with van der Waals surface area (Å²) in [5.74, 6) is -0.241. The van der Waals surface area contributed by atoms with Crippen molar-refractivity contribution in [3.05, 3.63) is 59.1 Å². The predicted molar refractivity (Wildman–Crippen MR) is 71.9 cm³/mol. The monoisotopic (exact) mass is 301 g/mol. The third kappa shape index (κ3) is 4.66. The van der Waals surface area contributed by atoms with Gasteiger partial charge in [0.2, 0.25) is 0 Å². The van der Waals surface area contributed by atoms with Crippen molar-refractivity contribution in [3.8, 4) is 5.75 Å². The Bertz CT molecular complexity index is 552. The SMILES string of the molecule is FC(F)(F)Oc1ccc(NCc2ccc(Cl)cc2)cc1. The molecule has 0 aliphatic carbocycles. The smallest absolute Gasteiger partial charge is 0.406 e. The van der Waals surface area contributed by atoms with Crippen LogP contribution in [0.25, 0.3) is 0 Å². The molecule has 2 nitrogen and oxygen atoms in total. The van der Waals surface area contributed by atoms with Crippen molar-refractivity contribution in [2.24, 2.45) is 0 Å². The zero-order chi connectivity index (χ0) is 14.6. The molecule has 0 radical (unpaired) electrons. The van der Waals surface area contributed by atoms with Gasteiger partial charge in [-0.05, 0) is 42.0 Å². The van der Waals surface area contributed by atoms with Crippen LogP contribution in [0.5, 0.6) is 5.75 Å². The van der Waals surface area contributed by atoms with Gasteiger partial charge in [-0.3, -0.25) is 0 Å². The van der Waals surface area contributed by atoms with Gasteiger partial charge < -0.3 is 10.1 Å². The molecule has 0 spiro atoms. The van der Waals surface area contributed by atoms with E-state index in [9.17, 15) is 13.2 Å². The Labute approximate surface area is 119 Å². The van der Waals surface area contributed by atoms with Gasteiger partial charge in [0.25, 0.3) is 0 Å². The van der Waals surface area contributed by atoms with Crippen molar-refractivity contribution in [1.29, 1.82) is 0 Å². The van der Waals surface area contributed by atoms with Crippen LogP contribution in [-0.2, 0) is 6.54 Å². The molecule has 0 saturated heterocycles. The molecule has 106 valence electrons. The number of rotatable bonds is 4. The Hall–Kier alpha value is -1.88. The van der Waals surface area contributed by atoms with Crippen LogP contribution in [0.3, 0.4) is 0 Å². The van der Waals surface area contributed by atoms with E-state index in [2.05, 4.69) is 10.1 Å². The highest BCUT2D eigenvalue weighted by Gasteiger charge is 2.30. The van der Waals surface area contributed by atoms with Gasteiger partial charge in [-0.15, -0.1) is 13.2 Å². The Morgan fingerprint density at radius 3 is 2.10 bits per heavy atom. The maximum absolute atomic E-state index is 12.0. The number of benzene rings is 2. The average molecular weight is 302 g/mol. The summed E-state index contributed by atoms with van der Waals surface area (Å²) in [4.78, 5) is 0. The maximum Gasteiger partial charge on any atom is 0.573 e. The van der Waals surface area contributed by atoms with Crippen LogP contribution < -0.4 is 10.1 Å². The van der Waals surface area contributed by atoms with E-state index in [0.29, 0.717) is 17.3 Å². The fourth-order valence-electron chi connectivity index (χ4n) is 1.58. The summed E-state index contributed by atoms with van der Waals surface area (Å²) in [7, 11) is 0. The Balaban J connectivity index is 1.92. The lowest BCUT2D eigenvalue weighted by Crippen LogP contribution is -2.17. The lowest BCUT2D eigenvalue weighted by molar-refractivity contribution is -0.274. The summed E-state index contributed by atoms with van der Waals surface area (Å²) >= 11 is 5.77. The molecule has 0 unspecified atom stereocenters.